The molecule has 0 saturated carbocycles. The van der Waals surface area contributed by atoms with E-state index in [0.717, 1.165) is 0 Å². The first-order valence-corrected chi connectivity index (χ1v) is 17.5. The lowest BCUT2D eigenvalue weighted by atomic mass is 9.74. The smallest absolute Gasteiger partial charge is 0.230 e. The van der Waals surface area contributed by atoms with E-state index < -0.39 is 72.2 Å². The highest BCUT2D eigenvalue weighted by atomic mass is 35.5. The third kappa shape index (κ3) is 7.31. The van der Waals surface area contributed by atoms with Crippen LogP contribution in [0.2, 0.25) is 20.4 Å². The number of carbonyl (C=O) groups is 2. The lowest BCUT2D eigenvalue weighted by Crippen LogP contribution is -2.41. The van der Waals surface area contributed by atoms with Gasteiger partial charge in [0.05, 0.1) is 82.3 Å². The van der Waals surface area contributed by atoms with Crippen LogP contribution in [-0.2, 0) is 19.1 Å². The molecule has 4 aromatic rings. The van der Waals surface area contributed by atoms with Crippen LogP contribution in [0.3, 0.4) is 0 Å². The zero-order valence-electron chi connectivity index (χ0n) is 26.5. The van der Waals surface area contributed by atoms with Crippen LogP contribution in [0, 0.1) is 23.7 Å². The zero-order valence-corrected chi connectivity index (χ0v) is 29.6. The van der Waals surface area contributed by atoms with Crippen molar-refractivity contribution in [3.63, 3.8) is 0 Å². The summed E-state index contributed by atoms with van der Waals surface area (Å²) < 4.78 is 38.7. The molecule has 0 unspecified atom stereocenters. The number of fused-ring (bicyclic) bond motifs is 4. The quantitative estimate of drug-likeness (QED) is 0.181. The van der Waals surface area contributed by atoms with Gasteiger partial charge in [-0.1, -0.05) is 46.4 Å². The maximum absolute atomic E-state index is 13.6. The zero-order chi connectivity index (χ0) is 36.8. The molecule has 4 aliphatic rings. The first kappa shape index (κ1) is 36.7. The lowest BCUT2D eigenvalue weighted by molar-refractivity contribution is -0.122. The summed E-state index contributed by atoms with van der Waals surface area (Å²) in [6.45, 7) is 0. The van der Waals surface area contributed by atoms with E-state index in [0.29, 0.717) is 35.3 Å². The largest absolute Gasteiger partial charge is 0.390 e. The number of nitrogens with one attached hydrogen (secondary N) is 2. The van der Waals surface area contributed by atoms with E-state index in [4.69, 9.17) is 55.9 Å². The first-order valence-electron chi connectivity index (χ1n) is 16.0. The second-order valence-corrected chi connectivity index (χ2v) is 14.3. The number of anilines is 2. The van der Waals surface area contributed by atoms with Crippen molar-refractivity contribution in [3.05, 3.63) is 105 Å². The van der Waals surface area contributed by atoms with Crippen LogP contribution in [0.1, 0.15) is 35.8 Å². The van der Waals surface area contributed by atoms with Crippen LogP contribution in [0.4, 0.5) is 20.2 Å². The molecule has 52 heavy (non-hydrogen) atoms. The molecule has 0 aromatic carbocycles. The average molecular weight is 796 g/mol. The highest BCUT2D eigenvalue weighted by Gasteiger charge is 2.58. The summed E-state index contributed by atoms with van der Waals surface area (Å²) in [4.78, 5) is 40.7. The fraction of sp³-hybridized carbons (Fsp3) is 0.353. The number of ether oxygens (including phenoxy) is 2. The minimum absolute atomic E-state index is 0.140. The summed E-state index contributed by atoms with van der Waals surface area (Å²) in [5.74, 6) is -4.04. The molecule has 0 spiro atoms. The third-order valence-corrected chi connectivity index (χ3v) is 11.0. The van der Waals surface area contributed by atoms with E-state index >= 15 is 0 Å². The van der Waals surface area contributed by atoms with Crippen molar-refractivity contribution in [1.29, 1.82) is 0 Å². The van der Waals surface area contributed by atoms with Gasteiger partial charge in [0.2, 0.25) is 23.7 Å². The number of aliphatic hydroxyl groups is 2. The number of rotatable bonds is 6. The molecule has 4 N–H and O–H groups in total. The number of nitrogens with zero attached hydrogens (tertiary/aromatic N) is 4. The van der Waals surface area contributed by atoms with Crippen molar-refractivity contribution >= 4 is 69.6 Å². The Morgan fingerprint density at radius 3 is 1.44 bits per heavy atom. The summed E-state index contributed by atoms with van der Waals surface area (Å²) in [7, 11) is 0. The minimum atomic E-state index is -0.697. The minimum Gasteiger partial charge on any atom is -0.390 e. The van der Waals surface area contributed by atoms with Gasteiger partial charge in [-0.15, -0.1) is 0 Å². The van der Waals surface area contributed by atoms with E-state index in [1.54, 1.807) is 12.1 Å². The number of halogens is 6. The molecule has 272 valence electrons. The molecular weight excluding hydrogens is 768 g/mol. The van der Waals surface area contributed by atoms with Crippen molar-refractivity contribution in [2.45, 2.75) is 61.3 Å². The molecule has 0 radical (unpaired) electrons. The van der Waals surface area contributed by atoms with E-state index in [1.807, 2.05) is 0 Å². The van der Waals surface area contributed by atoms with Crippen molar-refractivity contribution in [2.24, 2.45) is 11.8 Å². The van der Waals surface area contributed by atoms with E-state index in [9.17, 15) is 28.6 Å². The molecule has 4 aliphatic heterocycles. The molecule has 4 fully saturated rings. The summed E-state index contributed by atoms with van der Waals surface area (Å²) in [6.07, 6.45) is 2.74. The van der Waals surface area contributed by atoms with E-state index in [1.165, 1.54) is 49.1 Å². The fourth-order valence-corrected chi connectivity index (χ4v) is 8.10. The predicted molar refractivity (Wildman–Crippen MR) is 185 cm³/mol. The number of aliphatic hydroxyl groups excluding tert-OH is 2. The highest BCUT2D eigenvalue weighted by Crippen LogP contribution is 2.50. The Hall–Kier alpha value is -3.60. The average Bonchev–Trinajstić information content (AvgIpc) is 3.87. The van der Waals surface area contributed by atoms with Crippen molar-refractivity contribution in [2.75, 3.05) is 10.6 Å². The molecule has 4 saturated heterocycles. The van der Waals surface area contributed by atoms with Crippen LogP contribution in [0.15, 0.2) is 61.2 Å². The van der Waals surface area contributed by atoms with Crippen LogP contribution >= 0.6 is 46.4 Å². The Balaban J connectivity index is 0.000000162. The van der Waals surface area contributed by atoms with Gasteiger partial charge < -0.3 is 30.3 Å². The van der Waals surface area contributed by atoms with Gasteiger partial charge in [0, 0.05) is 37.1 Å². The van der Waals surface area contributed by atoms with Crippen molar-refractivity contribution in [3.8, 4) is 0 Å². The third-order valence-electron chi connectivity index (χ3n) is 9.66. The van der Waals surface area contributed by atoms with E-state index in [2.05, 4.69) is 30.6 Å². The Morgan fingerprint density at radius 1 is 0.673 bits per heavy atom. The molecule has 2 amide bonds. The molecule has 4 aromatic heterocycles. The topological polar surface area (TPSA) is 169 Å². The maximum atomic E-state index is 13.6. The molecule has 0 aliphatic carbocycles. The molecule has 18 heteroatoms. The van der Waals surface area contributed by atoms with E-state index in [-0.39, 0.29) is 32.2 Å². The number of hydrogen-bond acceptors (Lipinski definition) is 10. The molecule has 10 atom stereocenters. The van der Waals surface area contributed by atoms with Crippen molar-refractivity contribution in [1.82, 2.24) is 19.9 Å². The standard InChI is InChI=1S/2C17H14Cl2FN3O3/c2*18-9-4-8(6-22-16(9)19)23-17(25)14-11-5-10(24)15(26-11)13(14)7-1-2-21-12(20)3-7/h2*1-4,6,10-11,13-15,24H,5H2,(H,23,25)/t2*10-,11+,13+,14-,15-/m10/s1. The normalized spacial score (nSPS) is 29.8. The summed E-state index contributed by atoms with van der Waals surface area (Å²) in [5.41, 5.74) is 1.92. The predicted octanol–water partition coefficient (Wildman–Crippen LogP) is 5.59. The molecule has 8 heterocycles. The van der Waals surface area contributed by atoms with Gasteiger partial charge in [-0.2, -0.15) is 8.78 Å². The van der Waals surface area contributed by atoms with Crippen LogP contribution in [-0.4, -0.2) is 78.6 Å². The summed E-state index contributed by atoms with van der Waals surface area (Å²) in [6, 6.07) is 8.79. The van der Waals surface area contributed by atoms with Gasteiger partial charge >= 0.3 is 0 Å². The van der Waals surface area contributed by atoms with Gasteiger partial charge in [-0.3, -0.25) is 9.59 Å². The number of hydrogen-bond donors (Lipinski definition) is 4. The van der Waals surface area contributed by atoms with Gasteiger partial charge in [0.1, 0.15) is 10.3 Å². The second-order valence-electron chi connectivity index (χ2n) is 12.8. The van der Waals surface area contributed by atoms with Gasteiger partial charge in [0.15, 0.2) is 0 Å². The Bertz CT molecular complexity index is 1880. The number of aromatic nitrogens is 4. The number of amides is 2. The van der Waals surface area contributed by atoms with Gasteiger partial charge in [-0.05, 0) is 47.5 Å². The van der Waals surface area contributed by atoms with Crippen LogP contribution < -0.4 is 10.6 Å². The van der Waals surface area contributed by atoms with Gasteiger partial charge in [-0.25, -0.2) is 19.9 Å². The number of carbonyl (C=O) groups excluding carboxylic acids is 2. The maximum Gasteiger partial charge on any atom is 0.230 e. The highest BCUT2D eigenvalue weighted by molar-refractivity contribution is 6.41. The first-order chi connectivity index (χ1) is 24.9. The molecule has 8 rings (SSSR count). The second kappa shape index (κ2) is 15.0. The number of pyridine rings is 4. The summed E-state index contributed by atoms with van der Waals surface area (Å²) in [5, 5.41) is 26.6. The molecule has 12 nitrogen and oxygen atoms in total. The Labute approximate surface area is 314 Å². The van der Waals surface area contributed by atoms with Crippen LogP contribution in [0.5, 0.6) is 0 Å². The fourth-order valence-electron chi connectivity index (χ4n) is 7.56. The molecule has 4 bridgehead atoms. The monoisotopic (exact) mass is 794 g/mol. The van der Waals surface area contributed by atoms with Crippen molar-refractivity contribution < 1.29 is 38.1 Å². The Morgan fingerprint density at radius 2 is 1.08 bits per heavy atom. The SMILES string of the molecule is O=C(Nc1cnc(Cl)c(Cl)c1)[C@@H]1[C@@H](c2ccnc(F)c2)[C@H]2O[C@@H]1C[C@@H]2O.O=C(Nc1cnc(Cl)c(Cl)c1)[C@H]1[C@H](c2ccnc(F)c2)[C@@H]2O[C@H]1C[C@H]2O. The lowest BCUT2D eigenvalue weighted by Gasteiger charge is -2.30. The summed E-state index contributed by atoms with van der Waals surface area (Å²) >= 11 is 23.4. The molecular formula is C34H28Cl4F2N6O6. The van der Waals surface area contributed by atoms with Crippen LogP contribution in [0.25, 0.3) is 0 Å². The van der Waals surface area contributed by atoms with Gasteiger partial charge in [0.25, 0.3) is 0 Å². The Kier molecular flexibility index (Phi) is 10.6.